The van der Waals surface area contributed by atoms with Crippen LogP contribution in [0, 0.1) is 0 Å². The quantitative estimate of drug-likeness (QED) is 0.0522. The highest BCUT2D eigenvalue weighted by Crippen LogP contribution is 2.17. The zero-order chi connectivity index (χ0) is 35.2. The Morgan fingerprint density at radius 1 is 0.729 bits per heavy atom. The molecule has 0 spiro atoms. The van der Waals surface area contributed by atoms with Gasteiger partial charge in [-0.1, -0.05) is 147 Å². The molecule has 0 unspecified atom stereocenters. The summed E-state index contributed by atoms with van der Waals surface area (Å²) in [6.07, 6.45) is 20.3. The molecule has 0 aliphatic rings. The minimum absolute atomic E-state index is 0.00546. The van der Waals surface area contributed by atoms with Gasteiger partial charge in [-0.2, -0.15) is 11.8 Å². The Labute approximate surface area is 296 Å². The fourth-order valence-corrected chi connectivity index (χ4v) is 6.50. The lowest BCUT2D eigenvalue weighted by atomic mass is 10.0. The molecule has 1 aromatic rings. The first-order valence-corrected chi connectivity index (χ1v) is 20.2. The second kappa shape index (κ2) is 29.8. The Bertz CT molecular complexity index is 950. The van der Waals surface area contributed by atoms with E-state index < -0.39 is 24.3 Å². The second-order valence-corrected chi connectivity index (χ2v) is 14.3. The molecule has 0 aromatic heterocycles. The summed E-state index contributed by atoms with van der Waals surface area (Å²) >= 11 is 1.38. The van der Waals surface area contributed by atoms with Crippen LogP contribution >= 0.6 is 11.8 Å². The Morgan fingerprint density at radius 2 is 1.21 bits per heavy atom. The lowest BCUT2D eigenvalue weighted by Gasteiger charge is -2.23. The predicted molar refractivity (Wildman–Crippen MR) is 199 cm³/mol. The summed E-state index contributed by atoms with van der Waals surface area (Å²) in [5, 5.41) is 13.4. The zero-order valence-electron chi connectivity index (χ0n) is 30.4. The number of thioether (sulfide) groups is 1. The molecule has 0 aliphatic heterocycles. The third-order valence-electron chi connectivity index (χ3n) is 8.62. The van der Waals surface area contributed by atoms with Gasteiger partial charge in [-0.25, -0.2) is 0 Å². The molecule has 9 heteroatoms. The highest BCUT2D eigenvalue weighted by atomic mass is 32.2. The van der Waals surface area contributed by atoms with Crippen LogP contribution in [0.15, 0.2) is 30.3 Å². The first-order valence-electron chi connectivity index (χ1n) is 19.0. The van der Waals surface area contributed by atoms with Crippen LogP contribution in [0.25, 0.3) is 0 Å². The number of aliphatic hydroxyl groups excluding tert-OH is 1. The first-order chi connectivity index (χ1) is 23.3. The van der Waals surface area contributed by atoms with Crippen LogP contribution in [0.2, 0.25) is 0 Å². The van der Waals surface area contributed by atoms with E-state index in [0.29, 0.717) is 29.9 Å². The van der Waals surface area contributed by atoms with Gasteiger partial charge in [-0.3, -0.25) is 14.4 Å². The van der Waals surface area contributed by atoms with Crippen LogP contribution in [0.3, 0.4) is 0 Å². The van der Waals surface area contributed by atoms with Crippen molar-refractivity contribution in [2.45, 2.75) is 173 Å². The Balaban J connectivity index is 2.47. The number of unbranched alkanes of at least 4 members (excludes halogenated alkanes) is 16. The number of ether oxygens (including phenoxy) is 2. The number of rotatable bonds is 31. The topological polar surface area (TPSA) is 128 Å². The SMILES string of the molecule is CCCCCCCCCCCC(=O)OC[C@H](CSC[C@@H](N)C(=O)N[C@@H](C)[C@H](O)c1ccccc1)OC(=O)CCCCCCCCCCC. The van der Waals surface area contributed by atoms with Gasteiger partial charge in [0.15, 0.2) is 0 Å². The molecule has 4 N–H and O–H groups in total. The third-order valence-corrected chi connectivity index (χ3v) is 9.82. The van der Waals surface area contributed by atoms with Crippen molar-refractivity contribution in [1.82, 2.24) is 5.32 Å². The number of carbonyl (C=O) groups is 3. The molecule has 0 saturated heterocycles. The number of esters is 2. The Morgan fingerprint density at radius 3 is 1.73 bits per heavy atom. The van der Waals surface area contributed by atoms with Crippen molar-refractivity contribution in [1.29, 1.82) is 0 Å². The van der Waals surface area contributed by atoms with Crippen LogP contribution in [0.4, 0.5) is 0 Å². The van der Waals surface area contributed by atoms with Crippen molar-refractivity contribution in [2.24, 2.45) is 5.73 Å². The number of amides is 1. The number of hydrogen-bond donors (Lipinski definition) is 3. The zero-order valence-corrected chi connectivity index (χ0v) is 31.3. The molecular weight excluding hydrogens is 625 g/mol. The lowest BCUT2D eigenvalue weighted by Crippen LogP contribution is -2.47. The average Bonchev–Trinajstić information content (AvgIpc) is 3.08. The maximum Gasteiger partial charge on any atom is 0.306 e. The van der Waals surface area contributed by atoms with E-state index in [1.165, 1.54) is 88.8 Å². The van der Waals surface area contributed by atoms with Gasteiger partial charge in [0.1, 0.15) is 12.7 Å². The standard InChI is InChI=1S/C39H68N2O6S/c1-4-6-8-10-12-14-16-18-23-27-36(42)46-29-34(47-37(43)28-24-19-17-15-13-11-9-7-5-2)30-48-31-35(40)39(45)41-32(3)38(44)33-25-21-20-22-26-33/h20-22,25-26,32,34-35,38,44H,4-19,23-24,27-31,40H2,1-3H3,(H,41,45)/t32-,34+,35+,38-/m0/s1. The number of carbonyl (C=O) groups excluding carboxylic acids is 3. The van der Waals surface area contributed by atoms with E-state index in [2.05, 4.69) is 19.2 Å². The molecule has 1 aromatic carbocycles. The molecule has 0 bridgehead atoms. The van der Waals surface area contributed by atoms with Gasteiger partial charge in [-0.05, 0) is 25.3 Å². The van der Waals surface area contributed by atoms with Crippen LogP contribution in [-0.4, -0.2) is 59.3 Å². The lowest BCUT2D eigenvalue weighted by molar-refractivity contribution is -0.157. The number of benzene rings is 1. The van der Waals surface area contributed by atoms with Gasteiger partial charge in [-0.15, -0.1) is 0 Å². The molecule has 0 aliphatic carbocycles. The summed E-state index contributed by atoms with van der Waals surface area (Å²) in [6.45, 7) is 6.18. The van der Waals surface area contributed by atoms with E-state index in [9.17, 15) is 19.5 Å². The van der Waals surface area contributed by atoms with Crippen molar-refractivity contribution >= 4 is 29.6 Å². The van der Waals surface area contributed by atoms with Crippen LogP contribution in [-0.2, 0) is 23.9 Å². The van der Waals surface area contributed by atoms with E-state index in [1.807, 2.05) is 30.3 Å². The monoisotopic (exact) mass is 692 g/mol. The molecule has 0 heterocycles. The molecule has 8 nitrogen and oxygen atoms in total. The smallest absolute Gasteiger partial charge is 0.306 e. The van der Waals surface area contributed by atoms with Gasteiger partial charge < -0.3 is 25.6 Å². The van der Waals surface area contributed by atoms with Gasteiger partial charge in [0.05, 0.1) is 18.2 Å². The van der Waals surface area contributed by atoms with Crippen LogP contribution < -0.4 is 11.1 Å². The van der Waals surface area contributed by atoms with Crippen molar-refractivity contribution in [2.75, 3.05) is 18.1 Å². The van der Waals surface area contributed by atoms with E-state index in [-0.39, 0.29) is 24.5 Å². The predicted octanol–water partition coefficient (Wildman–Crippen LogP) is 8.58. The number of hydrogen-bond acceptors (Lipinski definition) is 8. The molecule has 0 saturated carbocycles. The summed E-state index contributed by atoms with van der Waals surface area (Å²) in [5.74, 6) is -0.276. The molecular formula is C39H68N2O6S. The normalized spacial score (nSPS) is 13.8. The highest BCUT2D eigenvalue weighted by molar-refractivity contribution is 7.99. The molecule has 1 amide bonds. The summed E-state index contributed by atoms with van der Waals surface area (Å²) in [5.41, 5.74) is 6.88. The first kappa shape index (κ1) is 43.9. The van der Waals surface area contributed by atoms with E-state index in [4.69, 9.17) is 15.2 Å². The summed E-state index contributed by atoms with van der Waals surface area (Å²) in [6, 6.07) is 7.83. The van der Waals surface area contributed by atoms with Crippen LogP contribution in [0.1, 0.15) is 161 Å². The number of aliphatic hydroxyl groups is 1. The average molecular weight is 693 g/mol. The molecule has 1 rings (SSSR count). The largest absolute Gasteiger partial charge is 0.462 e. The number of nitrogens with one attached hydrogen (secondary N) is 1. The Hall–Kier alpha value is -2.10. The van der Waals surface area contributed by atoms with Gasteiger partial charge in [0, 0.05) is 24.3 Å². The Kier molecular flexibility index (Phi) is 27.3. The van der Waals surface area contributed by atoms with Crippen molar-refractivity contribution < 1.29 is 29.0 Å². The number of nitrogens with two attached hydrogens (primary N) is 1. The fraction of sp³-hybridized carbons (Fsp3) is 0.769. The van der Waals surface area contributed by atoms with Gasteiger partial charge in [0.25, 0.3) is 0 Å². The maximum absolute atomic E-state index is 12.7. The summed E-state index contributed by atoms with van der Waals surface area (Å²) < 4.78 is 11.3. The molecule has 0 radical (unpaired) electrons. The maximum atomic E-state index is 12.7. The van der Waals surface area contributed by atoms with Crippen LogP contribution in [0.5, 0.6) is 0 Å². The van der Waals surface area contributed by atoms with Crippen molar-refractivity contribution in [3.05, 3.63) is 35.9 Å². The van der Waals surface area contributed by atoms with Crippen molar-refractivity contribution in [3.8, 4) is 0 Å². The summed E-state index contributed by atoms with van der Waals surface area (Å²) in [7, 11) is 0. The molecule has 276 valence electrons. The third kappa shape index (κ3) is 23.3. The van der Waals surface area contributed by atoms with E-state index >= 15 is 0 Å². The fourth-order valence-electron chi connectivity index (χ4n) is 5.53. The molecule has 48 heavy (non-hydrogen) atoms. The minimum Gasteiger partial charge on any atom is -0.462 e. The van der Waals surface area contributed by atoms with Gasteiger partial charge >= 0.3 is 11.9 Å². The van der Waals surface area contributed by atoms with Crippen molar-refractivity contribution in [3.63, 3.8) is 0 Å². The highest BCUT2D eigenvalue weighted by Gasteiger charge is 2.23. The van der Waals surface area contributed by atoms with Gasteiger partial charge in [0.2, 0.25) is 5.91 Å². The molecule has 4 atom stereocenters. The van der Waals surface area contributed by atoms with E-state index in [0.717, 1.165) is 38.5 Å². The second-order valence-electron chi connectivity index (χ2n) is 13.2. The minimum atomic E-state index is -0.852. The van der Waals surface area contributed by atoms with E-state index in [1.54, 1.807) is 6.92 Å². The summed E-state index contributed by atoms with van der Waals surface area (Å²) in [4.78, 5) is 37.9. The molecule has 0 fully saturated rings.